The number of piperazine rings is 1. The highest BCUT2D eigenvalue weighted by atomic mass is 35.5. The second-order valence-corrected chi connectivity index (χ2v) is 7.46. The van der Waals surface area contributed by atoms with E-state index in [1.807, 2.05) is 23.1 Å². The fourth-order valence-corrected chi connectivity index (χ4v) is 4.13. The molecule has 0 radical (unpaired) electrons. The second-order valence-electron chi connectivity index (χ2n) is 6.29. The van der Waals surface area contributed by atoms with Crippen LogP contribution in [0.4, 0.5) is 4.39 Å². The number of nitrogens with two attached hydrogens (primary N) is 1. The third kappa shape index (κ3) is 6.43. The number of benzene rings is 1. The molecule has 1 amide bonds. The molecule has 2 heterocycles. The van der Waals surface area contributed by atoms with E-state index in [0.717, 1.165) is 44.0 Å². The molecule has 0 aliphatic carbocycles. The first-order chi connectivity index (χ1) is 12.2. The van der Waals surface area contributed by atoms with E-state index < -0.39 is 0 Å². The van der Waals surface area contributed by atoms with Gasteiger partial charge >= 0.3 is 0 Å². The maximum atomic E-state index is 13.9. The molecule has 1 aliphatic heterocycles. The summed E-state index contributed by atoms with van der Waals surface area (Å²) in [6, 6.07) is 10.9. The predicted octanol–water partition coefficient (Wildman–Crippen LogP) is 3.78. The summed E-state index contributed by atoms with van der Waals surface area (Å²) in [5.41, 5.74) is 6.13. The number of carbonyl (C=O) groups is 1. The number of nitrogens with zero attached hydrogens (tertiary/aromatic N) is 2. The molecule has 1 saturated heterocycles. The Morgan fingerprint density at radius 2 is 1.78 bits per heavy atom. The summed E-state index contributed by atoms with van der Waals surface area (Å²) in [5.74, 6) is 0.0311. The van der Waals surface area contributed by atoms with Crippen LogP contribution in [0.5, 0.6) is 0 Å². The Morgan fingerprint density at radius 1 is 1.07 bits per heavy atom. The summed E-state index contributed by atoms with van der Waals surface area (Å²) in [7, 11) is 0. The number of thiophene rings is 1. The summed E-state index contributed by atoms with van der Waals surface area (Å²) < 4.78 is 13.9. The molecule has 0 unspecified atom stereocenters. The van der Waals surface area contributed by atoms with E-state index in [-0.39, 0.29) is 36.5 Å². The van der Waals surface area contributed by atoms with E-state index in [4.69, 9.17) is 5.73 Å². The molecule has 27 heavy (non-hydrogen) atoms. The SMILES string of the molecule is Cl.Cl.NCCCC(=O)N1CCN(Cc2ccc(-c3ccccc3F)s2)CC1. The van der Waals surface area contributed by atoms with Gasteiger partial charge in [-0.05, 0) is 31.2 Å². The Morgan fingerprint density at radius 3 is 2.44 bits per heavy atom. The van der Waals surface area contributed by atoms with Crippen LogP contribution in [0.2, 0.25) is 0 Å². The van der Waals surface area contributed by atoms with Gasteiger partial charge in [0.05, 0.1) is 0 Å². The fraction of sp³-hybridized carbons (Fsp3) is 0.421. The Hall–Kier alpha value is -1.18. The van der Waals surface area contributed by atoms with Crippen LogP contribution in [0, 0.1) is 5.82 Å². The van der Waals surface area contributed by atoms with Gasteiger partial charge in [-0.2, -0.15) is 0 Å². The van der Waals surface area contributed by atoms with Crippen LogP contribution in [0.1, 0.15) is 17.7 Å². The van der Waals surface area contributed by atoms with Gasteiger partial charge in [0, 0.05) is 54.5 Å². The smallest absolute Gasteiger partial charge is 0.222 e. The van der Waals surface area contributed by atoms with Gasteiger partial charge in [-0.15, -0.1) is 36.2 Å². The number of carbonyl (C=O) groups excluding carboxylic acids is 1. The average Bonchev–Trinajstić information content (AvgIpc) is 3.09. The van der Waals surface area contributed by atoms with Crippen molar-refractivity contribution in [2.45, 2.75) is 19.4 Å². The van der Waals surface area contributed by atoms with Gasteiger partial charge in [-0.1, -0.05) is 18.2 Å². The maximum absolute atomic E-state index is 13.9. The van der Waals surface area contributed by atoms with Crippen molar-refractivity contribution in [3.05, 3.63) is 47.1 Å². The minimum absolute atomic E-state index is 0. The summed E-state index contributed by atoms with van der Waals surface area (Å²) in [6.45, 7) is 4.71. The largest absolute Gasteiger partial charge is 0.340 e. The lowest BCUT2D eigenvalue weighted by Crippen LogP contribution is -2.48. The Balaban J connectivity index is 0.00000182. The molecule has 2 aromatic rings. The van der Waals surface area contributed by atoms with Gasteiger partial charge in [0.25, 0.3) is 0 Å². The van der Waals surface area contributed by atoms with Crippen LogP contribution in [-0.4, -0.2) is 48.4 Å². The van der Waals surface area contributed by atoms with Crippen molar-refractivity contribution in [3.63, 3.8) is 0 Å². The number of hydrogen-bond acceptors (Lipinski definition) is 4. The highest BCUT2D eigenvalue weighted by molar-refractivity contribution is 7.15. The molecular weight excluding hydrogens is 408 g/mol. The monoisotopic (exact) mass is 433 g/mol. The van der Waals surface area contributed by atoms with Gasteiger partial charge in [0.1, 0.15) is 5.82 Å². The maximum Gasteiger partial charge on any atom is 0.222 e. The first-order valence-corrected chi connectivity index (χ1v) is 9.53. The molecule has 0 atom stereocenters. The third-order valence-electron chi connectivity index (χ3n) is 4.50. The van der Waals surface area contributed by atoms with E-state index >= 15 is 0 Å². The second kappa shape index (κ2) is 11.6. The van der Waals surface area contributed by atoms with E-state index in [1.54, 1.807) is 17.4 Å². The highest BCUT2D eigenvalue weighted by Crippen LogP contribution is 2.30. The van der Waals surface area contributed by atoms with Crippen LogP contribution in [-0.2, 0) is 11.3 Å². The van der Waals surface area contributed by atoms with Crippen LogP contribution in [0.25, 0.3) is 10.4 Å². The van der Waals surface area contributed by atoms with Gasteiger partial charge in [0.15, 0.2) is 0 Å². The molecule has 1 aromatic heterocycles. The van der Waals surface area contributed by atoms with E-state index in [2.05, 4.69) is 11.0 Å². The van der Waals surface area contributed by atoms with Crippen molar-refractivity contribution < 1.29 is 9.18 Å². The number of rotatable bonds is 6. The zero-order valence-electron chi connectivity index (χ0n) is 15.1. The van der Waals surface area contributed by atoms with Crippen molar-refractivity contribution in [2.75, 3.05) is 32.7 Å². The van der Waals surface area contributed by atoms with Crippen molar-refractivity contribution >= 4 is 42.1 Å². The number of hydrogen-bond donors (Lipinski definition) is 1. The normalized spacial score (nSPS) is 14.4. The first kappa shape index (κ1) is 23.9. The van der Waals surface area contributed by atoms with Gasteiger partial charge < -0.3 is 10.6 Å². The molecule has 3 rings (SSSR count). The van der Waals surface area contributed by atoms with Gasteiger partial charge in [-0.25, -0.2) is 4.39 Å². The molecule has 8 heteroatoms. The molecular formula is C19H26Cl2FN3OS. The molecule has 0 spiro atoms. The summed E-state index contributed by atoms with van der Waals surface area (Å²) in [5, 5.41) is 0. The molecule has 0 bridgehead atoms. The Bertz CT molecular complexity index is 720. The van der Waals surface area contributed by atoms with Crippen molar-refractivity contribution in [2.24, 2.45) is 5.73 Å². The molecule has 150 valence electrons. The quantitative estimate of drug-likeness (QED) is 0.753. The average molecular weight is 434 g/mol. The van der Waals surface area contributed by atoms with E-state index in [1.165, 1.54) is 10.9 Å². The van der Waals surface area contributed by atoms with Crippen molar-refractivity contribution in [1.82, 2.24) is 9.80 Å². The predicted molar refractivity (Wildman–Crippen MR) is 114 cm³/mol. The molecule has 2 N–H and O–H groups in total. The first-order valence-electron chi connectivity index (χ1n) is 8.71. The van der Waals surface area contributed by atoms with Crippen LogP contribution in [0.3, 0.4) is 0 Å². The fourth-order valence-electron chi connectivity index (χ4n) is 3.06. The van der Waals surface area contributed by atoms with Gasteiger partial charge in [-0.3, -0.25) is 9.69 Å². The number of amides is 1. The molecule has 1 aliphatic rings. The minimum atomic E-state index is -0.180. The van der Waals surface area contributed by atoms with Gasteiger partial charge in [0.2, 0.25) is 5.91 Å². The van der Waals surface area contributed by atoms with Crippen LogP contribution in [0.15, 0.2) is 36.4 Å². The van der Waals surface area contributed by atoms with Crippen LogP contribution >= 0.6 is 36.2 Å². The Kier molecular flexibility index (Phi) is 10.3. The Labute approximate surface area is 176 Å². The molecule has 1 fully saturated rings. The molecule has 0 saturated carbocycles. The van der Waals surface area contributed by atoms with E-state index in [9.17, 15) is 9.18 Å². The molecule has 1 aromatic carbocycles. The zero-order valence-corrected chi connectivity index (χ0v) is 17.6. The standard InChI is InChI=1S/C19H24FN3OS.2ClH/c20-17-5-2-1-4-16(17)18-8-7-15(25-18)14-22-10-12-23(13-11-22)19(24)6-3-9-21;;/h1-2,4-5,7-8H,3,6,9-14,21H2;2*1H. The lowest BCUT2D eigenvalue weighted by atomic mass is 10.2. The zero-order chi connectivity index (χ0) is 17.6. The minimum Gasteiger partial charge on any atom is -0.340 e. The lowest BCUT2D eigenvalue weighted by Gasteiger charge is -2.34. The lowest BCUT2D eigenvalue weighted by molar-refractivity contribution is -0.133. The molecule has 4 nitrogen and oxygen atoms in total. The van der Waals surface area contributed by atoms with Crippen molar-refractivity contribution in [1.29, 1.82) is 0 Å². The summed E-state index contributed by atoms with van der Waals surface area (Å²) in [4.78, 5) is 18.5. The van der Waals surface area contributed by atoms with Crippen molar-refractivity contribution in [3.8, 4) is 10.4 Å². The summed E-state index contributed by atoms with van der Waals surface area (Å²) >= 11 is 1.64. The topological polar surface area (TPSA) is 49.6 Å². The van der Waals surface area contributed by atoms with E-state index in [0.29, 0.717) is 18.5 Å². The highest BCUT2D eigenvalue weighted by Gasteiger charge is 2.21. The van der Waals surface area contributed by atoms with Crippen LogP contribution < -0.4 is 5.73 Å². The number of halogens is 3. The summed E-state index contributed by atoms with van der Waals surface area (Å²) in [6.07, 6.45) is 1.31. The third-order valence-corrected chi connectivity index (χ3v) is 5.60.